The lowest BCUT2D eigenvalue weighted by atomic mass is 10.1. The Kier molecular flexibility index (Phi) is 4.36. The maximum absolute atomic E-state index is 12.7. The van der Waals surface area contributed by atoms with E-state index in [2.05, 4.69) is 4.74 Å². The Labute approximate surface area is 147 Å². The molecular weight excluding hydrogens is 368 g/mol. The van der Waals surface area contributed by atoms with Gasteiger partial charge in [0, 0.05) is 10.4 Å². The van der Waals surface area contributed by atoms with Crippen LogP contribution >= 0.6 is 11.6 Å². The average Bonchev–Trinajstić information content (AvgIpc) is 2.60. The summed E-state index contributed by atoms with van der Waals surface area (Å²) in [5, 5.41) is 0.655. The van der Waals surface area contributed by atoms with Crippen LogP contribution < -0.4 is 5.63 Å². The molecule has 128 valence electrons. The molecule has 0 unspecified atom stereocenters. The van der Waals surface area contributed by atoms with E-state index in [-0.39, 0.29) is 21.4 Å². The lowest BCUT2D eigenvalue weighted by Crippen LogP contribution is -2.14. The highest BCUT2D eigenvalue weighted by Crippen LogP contribution is 2.24. The van der Waals surface area contributed by atoms with Crippen molar-refractivity contribution in [2.24, 2.45) is 0 Å². The highest BCUT2D eigenvalue weighted by molar-refractivity contribution is 7.91. The Morgan fingerprint density at radius 2 is 1.76 bits per heavy atom. The number of rotatable bonds is 3. The van der Waals surface area contributed by atoms with E-state index in [1.807, 2.05) is 0 Å². The van der Waals surface area contributed by atoms with E-state index in [4.69, 9.17) is 16.0 Å². The molecule has 3 rings (SSSR count). The van der Waals surface area contributed by atoms with Gasteiger partial charge in [0.15, 0.2) is 4.90 Å². The predicted molar refractivity (Wildman–Crippen MR) is 90.7 cm³/mol. The van der Waals surface area contributed by atoms with Gasteiger partial charge in [-0.3, -0.25) is 0 Å². The van der Waals surface area contributed by atoms with Crippen molar-refractivity contribution >= 4 is 38.4 Å². The standard InChI is InChI=1S/C17H11ClO6S/c1-23-16(19)10-2-7-14-11(8-10)9-15(17(20)24-14)25(21,22)13-5-3-12(18)4-6-13/h2-9H,1H3. The summed E-state index contributed by atoms with van der Waals surface area (Å²) in [5.74, 6) is -0.588. The van der Waals surface area contributed by atoms with Crippen LogP contribution in [0.15, 0.2) is 67.5 Å². The Morgan fingerprint density at radius 3 is 2.40 bits per heavy atom. The van der Waals surface area contributed by atoms with Gasteiger partial charge in [0.2, 0.25) is 9.84 Å². The largest absolute Gasteiger partial charge is 0.465 e. The van der Waals surface area contributed by atoms with Gasteiger partial charge in [-0.25, -0.2) is 18.0 Å². The van der Waals surface area contributed by atoms with Gasteiger partial charge < -0.3 is 9.15 Å². The first-order valence-electron chi connectivity index (χ1n) is 7.00. The molecule has 0 fully saturated rings. The summed E-state index contributed by atoms with van der Waals surface area (Å²) in [5.41, 5.74) is -0.625. The summed E-state index contributed by atoms with van der Waals surface area (Å²) in [6, 6.07) is 10.8. The van der Waals surface area contributed by atoms with Crippen molar-refractivity contribution < 1.29 is 22.4 Å². The van der Waals surface area contributed by atoms with Crippen molar-refractivity contribution in [3.8, 4) is 0 Å². The lowest BCUT2D eigenvalue weighted by Gasteiger charge is -2.06. The average molecular weight is 379 g/mol. The zero-order chi connectivity index (χ0) is 18.2. The number of fused-ring (bicyclic) bond motifs is 1. The molecule has 0 saturated heterocycles. The summed E-state index contributed by atoms with van der Waals surface area (Å²) in [7, 11) is -2.87. The van der Waals surface area contributed by atoms with E-state index in [0.29, 0.717) is 5.02 Å². The monoisotopic (exact) mass is 378 g/mol. The molecule has 0 radical (unpaired) electrons. The molecule has 1 heterocycles. The number of ether oxygens (including phenoxy) is 1. The summed E-state index contributed by atoms with van der Waals surface area (Å²) < 4.78 is 35.1. The van der Waals surface area contributed by atoms with Gasteiger partial charge in [-0.15, -0.1) is 0 Å². The van der Waals surface area contributed by atoms with Gasteiger partial charge in [-0.1, -0.05) is 11.6 Å². The smallest absolute Gasteiger partial charge is 0.355 e. The molecule has 6 nitrogen and oxygen atoms in total. The highest BCUT2D eigenvalue weighted by Gasteiger charge is 2.23. The highest BCUT2D eigenvalue weighted by atomic mass is 35.5. The number of benzene rings is 2. The predicted octanol–water partition coefficient (Wildman–Crippen LogP) is 3.07. The van der Waals surface area contributed by atoms with E-state index in [9.17, 15) is 18.0 Å². The molecule has 25 heavy (non-hydrogen) atoms. The van der Waals surface area contributed by atoms with Gasteiger partial charge in [0.1, 0.15) is 5.58 Å². The Bertz CT molecular complexity index is 1130. The van der Waals surface area contributed by atoms with Crippen LogP contribution in [0.4, 0.5) is 0 Å². The van der Waals surface area contributed by atoms with Gasteiger partial charge in [0.05, 0.1) is 17.6 Å². The third-order valence-electron chi connectivity index (χ3n) is 3.53. The van der Waals surface area contributed by atoms with Crippen molar-refractivity contribution in [1.82, 2.24) is 0 Å². The normalized spacial score (nSPS) is 11.4. The van der Waals surface area contributed by atoms with Gasteiger partial charge in [-0.05, 0) is 48.5 Å². The summed E-state index contributed by atoms with van der Waals surface area (Å²) >= 11 is 5.76. The molecule has 1 aromatic heterocycles. The van der Waals surface area contributed by atoms with Crippen LogP contribution in [0.2, 0.25) is 5.02 Å². The van der Waals surface area contributed by atoms with Crippen LogP contribution in [0.3, 0.4) is 0 Å². The Balaban J connectivity index is 2.21. The van der Waals surface area contributed by atoms with Crippen molar-refractivity contribution in [1.29, 1.82) is 0 Å². The third kappa shape index (κ3) is 3.16. The van der Waals surface area contributed by atoms with Crippen molar-refractivity contribution in [2.45, 2.75) is 9.79 Å². The lowest BCUT2D eigenvalue weighted by molar-refractivity contribution is 0.0601. The van der Waals surface area contributed by atoms with E-state index in [1.54, 1.807) is 0 Å². The first-order valence-corrected chi connectivity index (χ1v) is 8.86. The number of hydrogen-bond donors (Lipinski definition) is 0. The third-order valence-corrected chi connectivity index (χ3v) is 5.54. The summed E-state index contributed by atoms with van der Waals surface area (Å²) in [6.45, 7) is 0. The molecule has 8 heteroatoms. The van der Waals surface area contributed by atoms with Crippen LogP contribution in [0.1, 0.15) is 10.4 Å². The fourth-order valence-electron chi connectivity index (χ4n) is 2.28. The van der Waals surface area contributed by atoms with Crippen LogP contribution in [-0.2, 0) is 14.6 Å². The van der Waals surface area contributed by atoms with E-state index >= 15 is 0 Å². The van der Waals surface area contributed by atoms with E-state index < -0.39 is 26.3 Å². The molecule has 0 spiro atoms. The molecule has 0 saturated carbocycles. The number of hydrogen-bond acceptors (Lipinski definition) is 6. The maximum Gasteiger partial charge on any atom is 0.355 e. The van der Waals surface area contributed by atoms with Gasteiger partial charge in [-0.2, -0.15) is 0 Å². The van der Waals surface area contributed by atoms with Crippen molar-refractivity contribution in [3.05, 3.63) is 69.5 Å². The van der Waals surface area contributed by atoms with Crippen LogP contribution in [0.25, 0.3) is 11.0 Å². The topological polar surface area (TPSA) is 90.7 Å². The zero-order valence-corrected chi connectivity index (χ0v) is 14.4. The molecule has 2 aromatic carbocycles. The fraction of sp³-hybridized carbons (Fsp3) is 0.0588. The minimum absolute atomic E-state index is 0.0901. The fourth-order valence-corrected chi connectivity index (χ4v) is 3.69. The SMILES string of the molecule is COC(=O)c1ccc2oc(=O)c(S(=O)(=O)c3ccc(Cl)cc3)cc2c1. The van der Waals surface area contributed by atoms with Crippen molar-refractivity contribution in [2.75, 3.05) is 7.11 Å². The first kappa shape index (κ1) is 17.2. The molecule has 0 amide bonds. The van der Waals surface area contributed by atoms with Crippen molar-refractivity contribution in [3.63, 3.8) is 0 Å². The maximum atomic E-state index is 12.7. The van der Waals surface area contributed by atoms with Crippen LogP contribution in [0, 0.1) is 0 Å². The first-order chi connectivity index (χ1) is 11.8. The minimum atomic E-state index is -4.10. The van der Waals surface area contributed by atoms with E-state index in [0.717, 1.165) is 0 Å². The summed E-state index contributed by atoms with van der Waals surface area (Å²) in [6.07, 6.45) is 0. The zero-order valence-electron chi connectivity index (χ0n) is 12.9. The second-order valence-electron chi connectivity index (χ2n) is 5.10. The number of esters is 1. The van der Waals surface area contributed by atoms with Gasteiger partial charge >= 0.3 is 11.6 Å². The van der Waals surface area contributed by atoms with Crippen LogP contribution in [0.5, 0.6) is 0 Å². The van der Waals surface area contributed by atoms with Crippen LogP contribution in [-0.4, -0.2) is 21.5 Å². The molecule has 0 aliphatic heterocycles. The second-order valence-corrected chi connectivity index (χ2v) is 7.45. The minimum Gasteiger partial charge on any atom is -0.465 e. The van der Waals surface area contributed by atoms with Gasteiger partial charge in [0.25, 0.3) is 0 Å². The molecular formula is C17H11ClO6S. The number of sulfone groups is 1. The Morgan fingerprint density at radius 1 is 1.08 bits per heavy atom. The molecule has 0 atom stereocenters. The second kappa shape index (κ2) is 6.34. The number of carbonyl (C=O) groups excluding carboxylic acids is 1. The molecule has 3 aromatic rings. The number of halogens is 1. The molecule has 0 aliphatic carbocycles. The molecule has 0 N–H and O–H groups in total. The quantitative estimate of drug-likeness (QED) is 0.514. The molecule has 0 bridgehead atoms. The molecule has 0 aliphatic rings. The number of carbonyl (C=O) groups is 1. The number of methoxy groups -OCH3 is 1. The Hall–Kier alpha value is -2.64. The summed E-state index contributed by atoms with van der Waals surface area (Å²) in [4.78, 5) is 23.1. The van der Waals surface area contributed by atoms with E-state index in [1.165, 1.54) is 55.6 Å².